The van der Waals surface area contributed by atoms with Crippen molar-refractivity contribution in [3.63, 3.8) is 0 Å². The lowest BCUT2D eigenvalue weighted by Gasteiger charge is -2.11. The molecule has 3 aromatic carbocycles. The van der Waals surface area contributed by atoms with Gasteiger partial charge >= 0.3 is 0 Å². The third kappa shape index (κ3) is 5.91. The van der Waals surface area contributed by atoms with Crippen LogP contribution in [0.3, 0.4) is 0 Å². The van der Waals surface area contributed by atoms with Gasteiger partial charge in [-0.3, -0.25) is 4.79 Å². The molecule has 3 rings (SSSR count). The number of carbonyl (C=O) groups excluding carboxylic acids is 1. The van der Waals surface area contributed by atoms with Gasteiger partial charge in [0.15, 0.2) is 6.61 Å². The summed E-state index contributed by atoms with van der Waals surface area (Å²) in [6.45, 7) is 2.48. The predicted octanol–water partition coefficient (Wildman–Crippen LogP) is 5.93. The van der Waals surface area contributed by atoms with E-state index >= 15 is 0 Å². The van der Waals surface area contributed by atoms with Crippen LogP contribution in [0.25, 0.3) is 0 Å². The smallest absolute Gasteiger partial charge is 0.262 e. The molecule has 3 aromatic rings. The van der Waals surface area contributed by atoms with Gasteiger partial charge in [-0.2, -0.15) is 0 Å². The quantitative estimate of drug-likeness (QED) is 0.503. The lowest BCUT2D eigenvalue weighted by atomic mass is 10.2. The fourth-order valence-corrected chi connectivity index (χ4v) is 2.91. The first kappa shape index (κ1) is 20.1. The van der Waals surface area contributed by atoms with Crippen molar-refractivity contribution in [3.8, 4) is 5.75 Å². The topological polar surface area (TPSA) is 50.4 Å². The zero-order valence-corrected chi connectivity index (χ0v) is 16.8. The fourth-order valence-electron chi connectivity index (χ4n) is 2.56. The highest BCUT2D eigenvalue weighted by Crippen LogP contribution is 2.26. The molecule has 0 aliphatic carbocycles. The standard InChI is InChI=1S/C22H20Cl2N2O2/c1-15-5-8-18(9-6-15)26-22(27)14-28-19-4-2-3-16(11-19)13-25-21-12-17(23)7-10-20(21)24/h2-12,25H,13-14H2,1H3,(H,26,27). The first-order valence-electron chi connectivity index (χ1n) is 8.77. The van der Waals surface area contributed by atoms with Crippen LogP contribution in [-0.2, 0) is 11.3 Å². The minimum absolute atomic E-state index is 0.0646. The van der Waals surface area contributed by atoms with Crippen molar-refractivity contribution in [2.24, 2.45) is 0 Å². The minimum atomic E-state index is -0.210. The van der Waals surface area contributed by atoms with Gasteiger partial charge in [0.05, 0.1) is 10.7 Å². The predicted molar refractivity (Wildman–Crippen MR) is 116 cm³/mol. The highest BCUT2D eigenvalue weighted by atomic mass is 35.5. The van der Waals surface area contributed by atoms with Crippen molar-refractivity contribution in [3.05, 3.63) is 87.9 Å². The van der Waals surface area contributed by atoms with Gasteiger partial charge in [0.1, 0.15) is 5.75 Å². The van der Waals surface area contributed by atoms with Crippen LogP contribution in [0.5, 0.6) is 5.75 Å². The molecule has 6 heteroatoms. The number of ether oxygens (including phenoxy) is 1. The Balaban J connectivity index is 1.53. The second-order valence-electron chi connectivity index (χ2n) is 6.33. The molecule has 144 valence electrons. The zero-order chi connectivity index (χ0) is 19.9. The molecule has 0 aliphatic heterocycles. The molecule has 0 bridgehead atoms. The van der Waals surface area contributed by atoms with Crippen molar-refractivity contribution < 1.29 is 9.53 Å². The third-order valence-electron chi connectivity index (χ3n) is 4.02. The van der Waals surface area contributed by atoms with Crippen LogP contribution in [0.1, 0.15) is 11.1 Å². The van der Waals surface area contributed by atoms with Crippen molar-refractivity contribution in [2.75, 3.05) is 17.2 Å². The molecule has 0 unspecified atom stereocenters. The second-order valence-corrected chi connectivity index (χ2v) is 7.17. The maximum Gasteiger partial charge on any atom is 0.262 e. The number of aryl methyl sites for hydroxylation is 1. The van der Waals surface area contributed by atoms with E-state index in [4.69, 9.17) is 27.9 Å². The molecule has 0 heterocycles. The largest absolute Gasteiger partial charge is 0.484 e. The number of benzene rings is 3. The van der Waals surface area contributed by atoms with E-state index in [1.54, 1.807) is 18.2 Å². The molecule has 0 saturated carbocycles. The molecule has 0 aliphatic rings. The van der Waals surface area contributed by atoms with E-state index in [9.17, 15) is 4.79 Å². The Morgan fingerprint density at radius 2 is 1.79 bits per heavy atom. The van der Waals surface area contributed by atoms with E-state index in [1.807, 2.05) is 55.5 Å². The summed E-state index contributed by atoms with van der Waals surface area (Å²) in [6, 6.07) is 20.4. The van der Waals surface area contributed by atoms with Crippen LogP contribution in [0.2, 0.25) is 10.0 Å². The maximum atomic E-state index is 12.1. The summed E-state index contributed by atoms with van der Waals surface area (Å²) >= 11 is 12.2. The Kier molecular flexibility index (Phi) is 6.80. The van der Waals surface area contributed by atoms with Crippen LogP contribution in [0, 0.1) is 6.92 Å². The SMILES string of the molecule is Cc1ccc(NC(=O)COc2cccc(CNc3cc(Cl)ccc3Cl)c2)cc1. The van der Waals surface area contributed by atoms with Crippen molar-refractivity contribution in [1.29, 1.82) is 0 Å². The van der Waals surface area contributed by atoms with Crippen LogP contribution in [0.15, 0.2) is 66.7 Å². The minimum Gasteiger partial charge on any atom is -0.484 e. The van der Waals surface area contributed by atoms with Gasteiger partial charge in [0.25, 0.3) is 5.91 Å². The molecular formula is C22H20Cl2N2O2. The van der Waals surface area contributed by atoms with Gasteiger partial charge in [-0.05, 0) is 55.0 Å². The van der Waals surface area contributed by atoms with E-state index in [-0.39, 0.29) is 12.5 Å². The molecular weight excluding hydrogens is 395 g/mol. The summed E-state index contributed by atoms with van der Waals surface area (Å²) in [5.41, 5.74) is 3.64. The van der Waals surface area contributed by atoms with Crippen molar-refractivity contribution in [1.82, 2.24) is 0 Å². The molecule has 1 amide bonds. The molecule has 0 radical (unpaired) electrons. The highest BCUT2D eigenvalue weighted by molar-refractivity contribution is 6.35. The van der Waals surface area contributed by atoms with Gasteiger partial charge in [-0.15, -0.1) is 0 Å². The number of hydrogen-bond donors (Lipinski definition) is 2. The molecule has 4 nitrogen and oxygen atoms in total. The Hall–Kier alpha value is -2.69. The maximum absolute atomic E-state index is 12.1. The Morgan fingerprint density at radius 1 is 1.00 bits per heavy atom. The summed E-state index contributed by atoms with van der Waals surface area (Å²) < 4.78 is 5.61. The molecule has 0 atom stereocenters. The van der Waals surface area contributed by atoms with Gasteiger partial charge in [0.2, 0.25) is 0 Å². The van der Waals surface area contributed by atoms with Crippen molar-refractivity contribution >= 4 is 40.5 Å². The van der Waals surface area contributed by atoms with Gasteiger partial charge in [-0.1, -0.05) is 53.0 Å². The van der Waals surface area contributed by atoms with Crippen LogP contribution >= 0.6 is 23.2 Å². The normalized spacial score (nSPS) is 10.4. The first-order valence-corrected chi connectivity index (χ1v) is 9.52. The monoisotopic (exact) mass is 414 g/mol. The number of amides is 1. The average Bonchev–Trinajstić information content (AvgIpc) is 2.69. The lowest BCUT2D eigenvalue weighted by Crippen LogP contribution is -2.20. The van der Waals surface area contributed by atoms with E-state index in [0.717, 1.165) is 22.5 Å². The first-order chi connectivity index (χ1) is 13.5. The number of hydrogen-bond acceptors (Lipinski definition) is 3. The molecule has 28 heavy (non-hydrogen) atoms. The third-order valence-corrected chi connectivity index (χ3v) is 4.58. The molecule has 0 fully saturated rings. The Morgan fingerprint density at radius 3 is 2.57 bits per heavy atom. The summed E-state index contributed by atoms with van der Waals surface area (Å²) in [5, 5.41) is 7.27. The van der Waals surface area contributed by atoms with Crippen molar-refractivity contribution in [2.45, 2.75) is 13.5 Å². The van der Waals surface area contributed by atoms with Gasteiger partial charge in [-0.25, -0.2) is 0 Å². The number of rotatable bonds is 7. The molecule has 0 aromatic heterocycles. The zero-order valence-electron chi connectivity index (χ0n) is 15.3. The number of halogens is 2. The van der Waals surface area contributed by atoms with E-state index < -0.39 is 0 Å². The van der Waals surface area contributed by atoms with E-state index in [2.05, 4.69) is 10.6 Å². The van der Waals surface area contributed by atoms with Crippen LogP contribution < -0.4 is 15.4 Å². The van der Waals surface area contributed by atoms with E-state index in [1.165, 1.54) is 0 Å². The second kappa shape index (κ2) is 9.49. The van der Waals surface area contributed by atoms with Gasteiger partial charge in [0, 0.05) is 17.3 Å². The highest BCUT2D eigenvalue weighted by Gasteiger charge is 2.05. The molecule has 0 saturated heterocycles. The Labute approximate surface area is 174 Å². The fraction of sp³-hybridized carbons (Fsp3) is 0.136. The summed E-state index contributed by atoms with van der Waals surface area (Å²) in [4.78, 5) is 12.1. The number of carbonyl (C=O) groups is 1. The summed E-state index contributed by atoms with van der Waals surface area (Å²) in [7, 11) is 0. The summed E-state index contributed by atoms with van der Waals surface area (Å²) in [6.07, 6.45) is 0. The van der Waals surface area contributed by atoms with E-state index in [0.29, 0.717) is 22.3 Å². The lowest BCUT2D eigenvalue weighted by molar-refractivity contribution is -0.118. The average molecular weight is 415 g/mol. The molecule has 2 N–H and O–H groups in total. The van der Waals surface area contributed by atoms with Crippen LogP contribution in [0.4, 0.5) is 11.4 Å². The number of anilines is 2. The Bertz CT molecular complexity index is 959. The summed E-state index contributed by atoms with van der Waals surface area (Å²) in [5.74, 6) is 0.411. The molecule has 0 spiro atoms. The van der Waals surface area contributed by atoms with Gasteiger partial charge < -0.3 is 15.4 Å². The van der Waals surface area contributed by atoms with Crippen LogP contribution in [-0.4, -0.2) is 12.5 Å². The number of nitrogens with one attached hydrogen (secondary N) is 2.